The van der Waals surface area contributed by atoms with Crippen molar-refractivity contribution in [1.82, 2.24) is 5.32 Å². The second-order valence-corrected chi connectivity index (χ2v) is 5.77. The van der Waals surface area contributed by atoms with Crippen LogP contribution in [0, 0.1) is 19.7 Å². The number of hydrogen-bond acceptors (Lipinski definition) is 4. The predicted molar refractivity (Wildman–Crippen MR) is 94.1 cm³/mol. The highest BCUT2D eigenvalue weighted by Gasteiger charge is 2.12. The first-order chi connectivity index (χ1) is 12.3. The van der Waals surface area contributed by atoms with Crippen LogP contribution in [0.15, 0.2) is 42.5 Å². The molecule has 2 rings (SSSR count). The van der Waals surface area contributed by atoms with E-state index in [9.17, 15) is 18.8 Å². The van der Waals surface area contributed by atoms with E-state index in [1.807, 2.05) is 19.9 Å². The fourth-order valence-corrected chi connectivity index (χ4v) is 2.11. The molecule has 3 amide bonds. The molecule has 0 aliphatic rings. The van der Waals surface area contributed by atoms with Crippen molar-refractivity contribution in [2.75, 3.05) is 11.9 Å². The first-order valence-electron chi connectivity index (χ1n) is 7.91. The fourth-order valence-electron chi connectivity index (χ4n) is 2.11. The molecule has 0 aromatic heterocycles. The minimum absolute atomic E-state index is 0.0948. The van der Waals surface area contributed by atoms with Crippen LogP contribution < -0.4 is 10.6 Å². The van der Waals surface area contributed by atoms with Crippen molar-refractivity contribution >= 4 is 23.6 Å². The van der Waals surface area contributed by atoms with Crippen LogP contribution in [-0.2, 0) is 20.7 Å². The lowest BCUT2D eigenvalue weighted by Crippen LogP contribution is -2.37. The van der Waals surface area contributed by atoms with E-state index in [2.05, 4.69) is 10.6 Å². The summed E-state index contributed by atoms with van der Waals surface area (Å²) in [5.41, 5.74) is 3.19. The standard InChI is InChI=1S/C19H19FN2O4/c1-12-3-8-16(9-13(12)2)21-19(25)22-17(23)11-26-18(24)10-14-4-6-15(20)7-5-14/h3-9H,10-11H2,1-2H3,(H2,21,22,23,25). The molecule has 0 atom stereocenters. The fraction of sp³-hybridized carbons (Fsp3) is 0.211. The zero-order valence-corrected chi connectivity index (χ0v) is 14.5. The maximum atomic E-state index is 12.8. The van der Waals surface area contributed by atoms with Crippen LogP contribution in [0.1, 0.15) is 16.7 Å². The Kier molecular flexibility index (Phi) is 6.43. The Hall–Kier alpha value is -3.22. The van der Waals surface area contributed by atoms with Gasteiger partial charge < -0.3 is 10.1 Å². The molecule has 0 fully saturated rings. The number of anilines is 1. The molecular weight excluding hydrogens is 339 g/mol. The van der Waals surface area contributed by atoms with Crippen molar-refractivity contribution in [2.24, 2.45) is 0 Å². The van der Waals surface area contributed by atoms with Crippen LogP contribution in [-0.4, -0.2) is 24.5 Å². The molecule has 0 radical (unpaired) electrons. The third kappa shape index (κ3) is 6.01. The van der Waals surface area contributed by atoms with E-state index in [1.165, 1.54) is 24.3 Å². The predicted octanol–water partition coefficient (Wildman–Crippen LogP) is 2.88. The van der Waals surface area contributed by atoms with Gasteiger partial charge in [0.2, 0.25) is 0 Å². The van der Waals surface area contributed by atoms with E-state index in [1.54, 1.807) is 12.1 Å². The lowest BCUT2D eigenvalue weighted by Gasteiger charge is -2.09. The maximum Gasteiger partial charge on any atom is 0.325 e. The number of benzene rings is 2. The Morgan fingerprint density at radius 1 is 1.00 bits per heavy atom. The molecule has 26 heavy (non-hydrogen) atoms. The van der Waals surface area contributed by atoms with E-state index < -0.39 is 30.3 Å². The molecule has 6 nitrogen and oxygen atoms in total. The molecule has 2 N–H and O–H groups in total. The summed E-state index contributed by atoms with van der Waals surface area (Å²) in [5.74, 6) is -1.81. The summed E-state index contributed by atoms with van der Waals surface area (Å²) in [7, 11) is 0. The number of amides is 3. The second kappa shape index (κ2) is 8.75. The normalized spacial score (nSPS) is 10.1. The monoisotopic (exact) mass is 358 g/mol. The van der Waals surface area contributed by atoms with Gasteiger partial charge in [-0.3, -0.25) is 14.9 Å². The maximum absolute atomic E-state index is 12.8. The summed E-state index contributed by atoms with van der Waals surface area (Å²) in [6, 6.07) is 9.99. The molecule has 2 aromatic rings. The summed E-state index contributed by atoms with van der Waals surface area (Å²) in [6.07, 6.45) is -0.0948. The Morgan fingerprint density at radius 2 is 1.69 bits per heavy atom. The highest BCUT2D eigenvalue weighted by atomic mass is 19.1. The zero-order valence-electron chi connectivity index (χ0n) is 14.5. The van der Waals surface area contributed by atoms with Crippen LogP contribution in [0.4, 0.5) is 14.9 Å². The van der Waals surface area contributed by atoms with Crippen molar-refractivity contribution in [1.29, 1.82) is 0 Å². The third-order valence-corrected chi connectivity index (χ3v) is 3.64. The largest absolute Gasteiger partial charge is 0.455 e. The first-order valence-corrected chi connectivity index (χ1v) is 7.91. The lowest BCUT2D eigenvalue weighted by molar-refractivity contribution is -0.147. The quantitative estimate of drug-likeness (QED) is 0.805. The van der Waals surface area contributed by atoms with Crippen molar-refractivity contribution in [3.05, 3.63) is 65.0 Å². The van der Waals surface area contributed by atoms with Gasteiger partial charge >= 0.3 is 12.0 Å². The van der Waals surface area contributed by atoms with Gasteiger partial charge in [-0.1, -0.05) is 18.2 Å². The number of halogens is 1. The van der Waals surface area contributed by atoms with Gasteiger partial charge in [0.15, 0.2) is 6.61 Å². The summed E-state index contributed by atoms with van der Waals surface area (Å²) in [4.78, 5) is 35.1. The molecule has 2 aromatic carbocycles. The van der Waals surface area contributed by atoms with Gasteiger partial charge in [0.1, 0.15) is 5.82 Å². The highest BCUT2D eigenvalue weighted by molar-refractivity contribution is 6.01. The third-order valence-electron chi connectivity index (χ3n) is 3.64. The molecule has 0 heterocycles. The second-order valence-electron chi connectivity index (χ2n) is 5.77. The molecule has 0 spiro atoms. The van der Waals surface area contributed by atoms with Crippen LogP contribution in [0.3, 0.4) is 0 Å². The molecule has 7 heteroatoms. The van der Waals surface area contributed by atoms with Crippen molar-refractivity contribution in [3.8, 4) is 0 Å². The van der Waals surface area contributed by atoms with Gasteiger partial charge in [-0.25, -0.2) is 9.18 Å². The van der Waals surface area contributed by atoms with E-state index in [-0.39, 0.29) is 6.42 Å². The SMILES string of the molecule is Cc1ccc(NC(=O)NC(=O)COC(=O)Cc2ccc(F)cc2)cc1C. The summed E-state index contributed by atoms with van der Waals surface area (Å²) in [5, 5.41) is 4.60. The summed E-state index contributed by atoms with van der Waals surface area (Å²) < 4.78 is 17.6. The smallest absolute Gasteiger partial charge is 0.325 e. The van der Waals surface area contributed by atoms with Crippen LogP contribution in [0.2, 0.25) is 0 Å². The lowest BCUT2D eigenvalue weighted by atomic mass is 10.1. The van der Waals surface area contributed by atoms with Gasteiger partial charge in [0, 0.05) is 5.69 Å². The highest BCUT2D eigenvalue weighted by Crippen LogP contribution is 2.13. The molecule has 0 saturated heterocycles. The topological polar surface area (TPSA) is 84.5 Å². The number of esters is 1. The number of urea groups is 1. The van der Waals surface area contributed by atoms with E-state index in [0.29, 0.717) is 11.3 Å². The number of nitrogens with one attached hydrogen (secondary N) is 2. The average molecular weight is 358 g/mol. The van der Waals surface area contributed by atoms with Crippen LogP contribution in [0.25, 0.3) is 0 Å². The minimum Gasteiger partial charge on any atom is -0.455 e. The first kappa shape index (κ1) is 19.1. The van der Waals surface area contributed by atoms with E-state index >= 15 is 0 Å². The Bertz CT molecular complexity index is 819. The van der Waals surface area contributed by atoms with Crippen molar-refractivity contribution in [3.63, 3.8) is 0 Å². The number of aryl methyl sites for hydroxylation is 2. The molecule has 0 saturated carbocycles. The van der Waals surface area contributed by atoms with Crippen LogP contribution >= 0.6 is 0 Å². The van der Waals surface area contributed by atoms with Gasteiger partial charge in [-0.2, -0.15) is 0 Å². The van der Waals surface area contributed by atoms with Crippen molar-refractivity contribution < 1.29 is 23.5 Å². The van der Waals surface area contributed by atoms with Gasteiger partial charge in [0.05, 0.1) is 6.42 Å². The van der Waals surface area contributed by atoms with E-state index in [0.717, 1.165) is 11.1 Å². The Morgan fingerprint density at radius 3 is 2.35 bits per heavy atom. The minimum atomic E-state index is -0.751. The van der Waals surface area contributed by atoms with E-state index in [4.69, 9.17) is 4.74 Å². The number of carbonyl (C=O) groups excluding carboxylic acids is 3. The molecule has 0 aliphatic heterocycles. The van der Waals surface area contributed by atoms with Crippen LogP contribution in [0.5, 0.6) is 0 Å². The zero-order chi connectivity index (χ0) is 19.1. The molecule has 0 bridgehead atoms. The number of carbonyl (C=O) groups is 3. The Labute approximate surface area is 150 Å². The van der Waals surface area contributed by atoms with Crippen molar-refractivity contribution in [2.45, 2.75) is 20.3 Å². The molecule has 0 aliphatic carbocycles. The number of rotatable bonds is 5. The Balaban J connectivity index is 1.75. The molecule has 0 unspecified atom stereocenters. The number of ether oxygens (including phenoxy) is 1. The number of imide groups is 1. The summed E-state index contributed by atoms with van der Waals surface area (Å²) >= 11 is 0. The average Bonchev–Trinajstić information content (AvgIpc) is 2.58. The number of hydrogen-bond donors (Lipinski definition) is 2. The van der Waals surface area contributed by atoms with Gasteiger partial charge in [-0.05, 0) is 54.8 Å². The summed E-state index contributed by atoms with van der Waals surface area (Å²) in [6.45, 7) is 3.27. The van der Waals surface area contributed by atoms with Gasteiger partial charge in [0.25, 0.3) is 5.91 Å². The van der Waals surface area contributed by atoms with Gasteiger partial charge in [-0.15, -0.1) is 0 Å². The molecular formula is C19H19FN2O4. The molecule has 136 valence electrons.